The van der Waals surface area contributed by atoms with Gasteiger partial charge in [-0.25, -0.2) is 5.43 Å². The van der Waals surface area contributed by atoms with Crippen molar-refractivity contribution in [2.24, 2.45) is 5.10 Å². The Morgan fingerprint density at radius 3 is 2.20 bits per heavy atom. The zero-order chi connectivity index (χ0) is 24.8. The molecule has 0 fully saturated rings. The van der Waals surface area contributed by atoms with Crippen LogP contribution in [0.1, 0.15) is 23.6 Å². The standard InChI is InChI=1S/C27H27N5O2S/c1-18-5-9-22(10-6-18)26-30-31-27(32(26)23-13-7-19(2)8-14-23)35-17-25(33)29-28-20(3)21-11-15-24(34-4)16-12-21/h5-16H,17H2,1-4H3,(H,29,33). The predicted octanol–water partition coefficient (Wildman–Crippen LogP) is 5.19. The van der Waals surface area contributed by atoms with Gasteiger partial charge in [-0.15, -0.1) is 10.2 Å². The van der Waals surface area contributed by atoms with Gasteiger partial charge >= 0.3 is 0 Å². The molecule has 4 rings (SSSR count). The number of carbonyl (C=O) groups excluding carboxylic acids is 1. The van der Waals surface area contributed by atoms with Crippen molar-refractivity contribution in [1.29, 1.82) is 0 Å². The van der Waals surface area contributed by atoms with E-state index >= 15 is 0 Å². The Bertz CT molecular complexity index is 1330. The summed E-state index contributed by atoms with van der Waals surface area (Å²) in [5, 5.41) is 13.7. The molecule has 1 aromatic heterocycles. The van der Waals surface area contributed by atoms with Crippen molar-refractivity contribution in [2.75, 3.05) is 12.9 Å². The molecule has 178 valence electrons. The summed E-state index contributed by atoms with van der Waals surface area (Å²) in [5.41, 5.74) is 8.47. The second kappa shape index (κ2) is 11.0. The third-order valence-electron chi connectivity index (χ3n) is 5.42. The number of carbonyl (C=O) groups is 1. The molecule has 8 heteroatoms. The zero-order valence-electron chi connectivity index (χ0n) is 20.1. The lowest BCUT2D eigenvalue weighted by atomic mass is 10.1. The molecular weight excluding hydrogens is 458 g/mol. The van der Waals surface area contributed by atoms with Crippen LogP contribution >= 0.6 is 11.8 Å². The third-order valence-corrected chi connectivity index (χ3v) is 6.35. The van der Waals surface area contributed by atoms with Crippen molar-refractivity contribution in [3.63, 3.8) is 0 Å². The van der Waals surface area contributed by atoms with Crippen LogP contribution in [-0.4, -0.2) is 39.2 Å². The number of rotatable bonds is 8. The molecule has 0 atom stereocenters. The van der Waals surface area contributed by atoms with Crippen molar-refractivity contribution >= 4 is 23.4 Å². The van der Waals surface area contributed by atoms with E-state index < -0.39 is 0 Å². The number of benzene rings is 3. The lowest BCUT2D eigenvalue weighted by Gasteiger charge is -2.11. The van der Waals surface area contributed by atoms with E-state index in [-0.39, 0.29) is 11.7 Å². The van der Waals surface area contributed by atoms with Gasteiger partial charge in [-0.3, -0.25) is 9.36 Å². The molecule has 0 saturated heterocycles. The average molecular weight is 486 g/mol. The van der Waals surface area contributed by atoms with Crippen LogP contribution in [0.25, 0.3) is 17.1 Å². The number of hydrazone groups is 1. The Hall–Kier alpha value is -3.91. The molecule has 35 heavy (non-hydrogen) atoms. The Morgan fingerprint density at radius 2 is 1.57 bits per heavy atom. The molecule has 0 radical (unpaired) electrons. The highest BCUT2D eigenvalue weighted by molar-refractivity contribution is 7.99. The molecule has 1 N–H and O–H groups in total. The van der Waals surface area contributed by atoms with Gasteiger partial charge < -0.3 is 4.74 Å². The van der Waals surface area contributed by atoms with Crippen LogP contribution in [0.2, 0.25) is 0 Å². The topological polar surface area (TPSA) is 81.4 Å². The van der Waals surface area contributed by atoms with E-state index in [9.17, 15) is 4.79 Å². The monoisotopic (exact) mass is 485 g/mol. The molecule has 0 bridgehead atoms. The van der Waals surface area contributed by atoms with Gasteiger partial charge in [0.25, 0.3) is 5.91 Å². The summed E-state index contributed by atoms with van der Waals surface area (Å²) in [5.74, 6) is 1.42. The van der Waals surface area contributed by atoms with E-state index in [4.69, 9.17) is 4.74 Å². The number of nitrogens with zero attached hydrogens (tertiary/aromatic N) is 4. The van der Waals surface area contributed by atoms with Gasteiger partial charge in [0.1, 0.15) is 5.75 Å². The molecule has 0 spiro atoms. The number of hydrogen-bond acceptors (Lipinski definition) is 6. The largest absolute Gasteiger partial charge is 0.497 e. The fourth-order valence-corrected chi connectivity index (χ4v) is 4.13. The Balaban J connectivity index is 1.51. The molecule has 1 amide bonds. The van der Waals surface area contributed by atoms with Crippen LogP contribution in [0, 0.1) is 13.8 Å². The lowest BCUT2D eigenvalue weighted by molar-refractivity contribution is -0.118. The first-order chi connectivity index (χ1) is 16.9. The van der Waals surface area contributed by atoms with E-state index in [2.05, 4.69) is 20.7 Å². The highest BCUT2D eigenvalue weighted by Crippen LogP contribution is 2.28. The van der Waals surface area contributed by atoms with Crippen molar-refractivity contribution in [3.05, 3.63) is 89.5 Å². The highest BCUT2D eigenvalue weighted by Gasteiger charge is 2.17. The van der Waals surface area contributed by atoms with Gasteiger partial charge in [-0.1, -0.05) is 59.3 Å². The molecule has 0 unspecified atom stereocenters. The first-order valence-electron chi connectivity index (χ1n) is 11.1. The number of ether oxygens (including phenoxy) is 1. The number of methoxy groups -OCH3 is 1. The van der Waals surface area contributed by atoms with Crippen LogP contribution < -0.4 is 10.2 Å². The van der Waals surface area contributed by atoms with E-state index in [0.717, 1.165) is 34.0 Å². The number of aromatic nitrogens is 3. The van der Waals surface area contributed by atoms with E-state index in [1.807, 2.05) is 98.1 Å². The lowest BCUT2D eigenvalue weighted by Crippen LogP contribution is -2.21. The van der Waals surface area contributed by atoms with Gasteiger partial charge in [-0.05, 0) is 62.7 Å². The number of aryl methyl sites for hydroxylation is 2. The van der Waals surface area contributed by atoms with Crippen molar-refractivity contribution in [1.82, 2.24) is 20.2 Å². The van der Waals surface area contributed by atoms with Gasteiger partial charge in [0.15, 0.2) is 11.0 Å². The molecule has 0 aliphatic rings. The summed E-state index contributed by atoms with van der Waals surface area (Å²) in [6.07, 6.45) is 0. The summed E-state index contributed by atoms with van der Waals surface area (Å²) in [7, 11) is 1.62. The van der Waals surface area contributed by atoms with Gasteiger partial charge in [0, 0.05) is 11.3 Å². The normalized spacial score (nSPS) is 11.4. The smallest absolute Gasteiger partial charge is 0.250 e. The molecule has 0 saturated carbocycles. The molecular formula is C27H27N5O2S. The first kappa shape index (κ1) is 24.2. The summed E-state index contributed by atoms with van der Waals surface area (Å²) in [4.78, 5) is 12.5. The van der Waals surface area contributed by atoms with Crippen molar-refractivity contribution in [2.45, 2.75) is 25.9 Å². The summed E-state index contributed by atoms with van der Waals surface area (Å²) >= 11 is 1.32. The fourth-order valence-electron chi connectivity index (χ4n) is 3.38. The second-order valence-electron chi connectivity index (χ2n) is 8.09. The minimum absolute atomic E-state index is 0.150. The van der Waals surface area contributed by atoms with Crippen LogP contribution in [-0.2, 0) is 4.79 Å². The number of nitrogens with one attached hydrogen (secondary N) is 1. The van der Waals surface area contributed by atoms with Crippen molar-refractivity contribution < 1.29 is 9.53 Å². The Labute approximate surface area is 209 Å². The fraction of sp³-hybridized carbons (Fsp3) is 0.185. The average Bonchev–Trinajstić information content (AvgIpc) is 3.31. The molecule has 0 aliphatic carbocycles. The van der Waals surface area contributed by atoms with E-state index in [1.165, 1.54) is 17.3 Å². The van der Waals surface area contributed by atoms with Gasteiger partial charge in [0.2, 0.25) is 0 Å². The van der Waals surface area contributed by atoms with Crippen LogP contribution in [0.15, 0.2) is 83.1 Å². The molecule has 0 aliphatic heterocycles. The molecule has 1 heterocycles. The maximum atomic E-state index is 12.5. The van der Waals surface area contributed by atoms with E-state index in [0.29, 0.717) is 10.9 Å². The third kappa shape index (κ3) is 5.96. The maximum absolute atomic E-state index is 12.5. The number of amides is 1. The first-order valence-corrected chi connectivity index (χ1v) is 12.1. The summed E-state index contributed by atoms with van der Waals surface area (Å²) < 4.78 is 7.16. The van der Waals surface area contributed by atoms with Crippen LogP contribution in [0.3, 0.4) is 0 Å². The zero-order valence-corrected chi connectivity index (χ0v) is 21.0. The van der Waals surface area contributed by atoms with Crippen LogP contribution in [0.4, 0.5) is 0 Å². The molecule has 3 aromatic carbocycles. The van der Waals surface area contributed by atoms with Crippen molar-refractivity contribution in [3.8, 4) is 22.8 Å². The van der Waals surface area contributed by atoms with Gasteiger partial charge in [-0.2, -0.15) is 5.10 Å². The van der Waals surface area contributed by atoms with E-state index in [1.54, 1.807) is 7.11 Å². The Kier molecular flexibility index (Phi) is 7.62. The highest BCUT2D eigenvalue weighted by atomic mass is 32.2. The number of thioether (sulfide) groups is 1. The van der Waals surface area contributed by atoms with Gasteiger partial charge in [0.05, 0.1) is 18.6 Å². The molecule has 7 nitrogen and oxygen atoms in total. The minimum atomic E-state index is -0.224. The predicted molar refractivity (Wildman–Crippen MR) is 140 cm³/mol. The maximum Gasteiger partial charge on any atom is 0.250 e. The summed E-state index contributed by atoms with van der Waals surface area (Å²) in [6.45, 7) is 5.94. The molecule has 4 aromatic rings. The van der Waals surface area contributed by atoms with Crippen LogP contribution in [0.5, 0.6) is 5.75 Å². The quantitative estimate of drug-likeness (QED) is 0.211. The number of hydrogen-bond donors (Lipinski definition) is 1. The Morgan fingerprint density at radius 1 is 0.943 bits per heavy atom. The summed E-state index contributed by atoms with van der Waals surface area (Å²) in [6, 6.07) is 23.8. The second-order valence-corrected chi connectivity index (χ2v) is 9.04. The SMILES string of the molecule is COc1ccc(C(C)=NNC(=O)CSc2nnc(-c3ccc(C)cc3)n2-c2ccc(C)cc2)cc1. The minimum Gasteiger partial charge on any atom is -0.497 e.